The van der Waals surface area contributed by atoms with E-state index < -0.39 is 5.91 Å². The summed E-state index contributed by atoms with van der Waals surface area (Å²) in [6, 6.07) is 5.25. The van der Waals surface area contributed by atoms with Gasteiger partial charge in [-0.15, -0.1) is 0 Å². The maximum Gasteiger partial charge on any atom is 0.270 e. The van der Waals surface area contributed by atoms with Gasteiger partial charge >= 0.3 is 0 Å². The van der Waals surface area contributed by atoms with E-state index in [9.17, 15) is 9.59 Å². The van der Waals surface area contributed by atoms with Gasteiger partial charge in [-0.25, -0.2) is 4.98 Å². The van der Waals surface area contributed by atoms with Gasteiger partial charge in [-0.3, -0.25) is 9.59 Å². The number of benzene rings is 1. The lowest BCUT2D eigenvalue weighted by atomic mass is 10.1. The molecule has 22 heavy (non-hydrogen) atoms. The number of nitrogens with two attached hydrogens (primary N) is 1. The molecule has 2 aromatic rings. The van der Waals surface area contributed by atoms with E-state index in [1.165, 1.54) is 0 Å². The van der Waals surface area contributed by atoms with Crippen molar-refractivity contribution in [2.45, 2.75) is 6.42 Å². The van der Waals surface area contributed by atoms with Crippen molar-refractivity contribution >= 4 is 33.3 Å². The van der Waals surface area contributed by atoms with Crippen LogP contribution < -0.4 is 21.1 Å². The van der Waals surface area contributed by atoms with Crippen molar-refractivity contribution in [3.63, 3.8) is 0 Å². The molecule has 1 aromatic heterocycles. The van der Waals surface area contributed by atoms with E-state index in [1.807, 2.05) is 0 Å². The third kappa shape index (κ3) is 2.60. The summed E-state index contributed by atoms with van der Waals surface area (Å²) in [5, 5.41) is 6.35. The lowest BCUT2D eigenvalue weighted by Gasteiger charge is -2.05. The summed E-state index contributed by atoms with van der Waals surface area (Å²) in [5.41, 5.74) is 6.83. The number of primary amides is 1. The van der Waals surface area contributed by atoms with Gasteiger partial charge in [-0.1, -0.05) is 11.3 Å². The highest BCUT2D eigenvalue weighted by Gasteiger charge is 2.20. The molecule has 0 fully saturated rings. The second-order valence-electron chi connectivity index (χ2n) is 4.69. The van der Waals surface area contributed by atoms with Crippen molar-refractivity contribution in [1.29, 1.82) is 0 Å². The number of thiazole rings is 1. The van der Waals surface area contributed by atoms with Crippen LogP contribution in [0.2, 0.25) is 0 Å². The number of nitrogens with one attached hydrogen (secondary N) is 2. The molecule has 2 heterocycles. The van der Waals surface area contributed by atoms with Crippen LogP contribution in [0.3, 0.4) is 0 Å². The Bertz CT molecular complexity index is 757. The molecular weight excluding hydrogens is 304 g/mol. The van der Waals surface area contributed by atoms with Gasteiger partial charge in [0.2, 0.25) is 0 Å². The lowest BCUT2D eigenvalue weighted by molar-refractivity contribution is 0.0997. The first-order valence-corrected chi connectivity index (χ1v) is 7.45. The Labute approximate surface area is 130 Å². The van der Waals surface area contributed by atoms with E-state index in [0.717, 1.165) is 29.1 Å². The molecule has 2 amide bonds. The van der Waals surface area contributed by atoms with E-state index >= 15 is 0 Å². The minimum atomic E-state index is -0.685. The molecule has 0 unspecified atom stereocenters. The monoisotopic (exact) mass is 318 g/mol. The zero-order valence-electron chi connectivity index (χ0n) is 11.8. The number of carbonyl (C=O) groups is 2. The molecule has 1 aliphatic rings. The number of amides is 2. The number of ether oxygens (including phenoxy) is 1. The normalized spacial score (nSPS) is 12.4. The molecule has 7 nitrogen and oxygen atoms in total. The van der Waals surface area contributed by atoms with Gasteiger partial charge in [0.1, 0.15) is 10.8 Å². The standard InChI is InChI=1S/C14H14N4O3S/c1-16-14-17-10(11(15)19)13(22-14)18-12(20)8-2-3-9-7(6-8)4-5-21-9/h2-3,6H,4-5H2,1H3,(H2,15,19)(H,16,17)(H,18,20). The summed E-state index contributed by atoms with van der Waals surface area (Å²) in [5.74, 6) is -0.191. The molecule has 114 valence electrons. The molecule has 0 aliphatic carbocycles. The van der Waals surface area contributed by atoms with Crippen molar-refractivity contribution < 1.29 is 14.3 Å². The molecule has 0 spiro atoms. The first-order chi connectivity index (χ1) is 10.6. The van der Waals surface area contributed by atoms with Crippen LogP contribution in [0.1, 0.15) is 26.4 Å². The first-order valence-electron chi connectivity index (χ1n) is 6.64. The molecule has 4 N–H and O–H groups in total. The molecule has 0 atom stereocenters. The second kappa shape index (κ2) is 5.64. The van der Waals surface area contributed by atoms with Crippen LogP contribution in [0.15, 0.2) is 18.2 Å². The van der Waals surface area contributed by atoms with E-state index in [4.69, 9.17) is 10.5 Å². The van der Waals surface area contributed by atoms with Crippen molar-refractivity contribution in [2.75, 3.05) is 24.3 Å². The maximum atomic E-state index is 12.3. The highest BCUT2D eigenvalue weighted by molar-refractivity contribution is 7.20. The minimum Gasteiger partial charge on any atom is -0.493 e. The number of aromatic nitrogens is 1. The van der Waals surface area contributed by atoms with Crippen LogP contribution in [0.4, 0.5) is 10.1 Å². The largest absolute Gasteiger partial charge is 0.493 e. The maximum absolute atomic E-state index is 12.3. The Kier molecular flexibility index (Phi) is 3.68. The molecule has 0 bridgehead atoms. The van der Waals surface area contributed by atoms with Crippen molar-refractivity contribution in [2.24, 2.45) is 5.73 Å². The van der Waals surface area contributed by atoms with Crippen LogP contribution in [-0.2, 0) is 6.42 Å². The number of nitrogens with zero attached hydrogens (tertiary/aromatic N) is 1. The molecule has 1 aromatic carbocycles. The van der Waals surface area contributed by atoms with Crippen LogP contribution >= 0.6 is 11.3 Å². The van der Waals surface area contributed by atoms with Crippen LogP contribution in [0, 0.1) is 0 Å². The van der Waals surface area contributed by atoms with Gasteiger partial charge < -0.3 is 21.1 Å². The van der Waals surface area contributed by atoms with E-state index in [0.29, 0.717) is 22.3 Å². The smallest absolute Gasteiger partial charge is 0.270 e. The third-order valence-corrected chi connectivity index (χ3v) is 4.24. The van der Waals surface area contributed by atoms with Crippen LogP contribution in [0.5, 0.6) is 5.75 Å². The van der Waals surface area contributed by atoms with Gasteiger partial charge in [-0.05, 0) is 23.8 Å². The van der Waals surface area contributed by atoms with Crippen LogP contribution in [-0.4, -0.2) is 30.5 Å². The average molecular weight is 318 g/mol. The summed E-state index contributed by atoms with van der Waals surface area (Å²) in [6.07, 6.45) is 0.785. The zero-order valence-corrected chi connectivity index (χ0v) is 12.6. The lowest BCUT2D eigenvalue weighted by Crippen LogP contribution is -2.17. The number of hydrogen-bond acceptors (Lipinski definition) is 6. The van der Waals surface area contributed by atoms with E-state index in [1.54, 1.807) is 25.2 Å². The Hall–Kier alpha value is -2.61. The molecule has 3 rings (SSSR count). The zero-order chi connectivity index (χ0) is 15.7. The predicted octanol–water partition coefficient (Wildman–Crippen LogP) is 1.47. The Morgan fingerprint density at radius 3 is 2.95 bits per heavy atom. The van der Waals surface area contributed by atoms with Gasteiger partial charge in [0, 0.05) is 19.0 Å². The Balaban J connectivity index is 1.85. The van der Waals surface area contributed by atoms with Crippen molar-refractivity contribution in [3.05, 3.63) is 35.0 Å². The fraction of sp³-hybridized carbons (Fsp3) is 0.214. The number of fused-ring (bicyclic) bond motifs is 1. The van der Waals surface area contributed by atoms with Crippen molar-refractivity contribution in [3.8, 4) is 5.75 Å². The Morgan fingerprint density at radius 1 is 1.41 bits per heavy atom. The summed E-state index contributed by atoms with van der Waals surface area (Å²) in [7, 11) is 1.68. The molecule has 8 heteroatoms. The van der Waals surface area contributed by atoms with Gasteiger partial charge in [0.05, 0.1) is 6.61 Å². The topological polar surface area (TPSA) is 106 Å². The second-order valence-corrected chi connectivity index (χ2v) is 5.69. The van der Waals surface area contributed by atoms with Gasteiger partial charge in [0.25, 0.3) is 11.8 Å². The molecule has 0 saturated carbocycles. The summed E-state index contributed by atoms with van der Waals surface area (Å²) in [6.45, 7) is 0.632. The number of carbonyl (C=O) groups excluding carboxylic acids is 2. The SMILES string of the molecule is CNc1nc(C(N)=O)c(NC(=O)c2ccc3c(c2)CCO3)s1. The fourth-order valence-corrected chi connectivity index (χ4v) is 3.00. The van der Waals surface area contributed by atoms with Crippen LogP contribution in [0.25, 0.3) is 0 Å². The highest BCUT2D eigenvalue weighted by Crippen LogP contribution is 2.30. The molecular formula is C14H14N4O3S. The average Bonchev–Trinajstić information content (AvgIpc) is 3.12. The highest BCUT2D eigenvalue weighted by atomic mass is 32.1. The number of hydrogen-bond donors (Lipinski definition) is 3. The first kappa shape index (κ1) is 14.3. The summed E-state index contributed by atoms with van der Waals surface area (Å²) >= 11 is 1.16. The predicted molar refractivity (Wildman–Crippen MR) is 83.8 cm³/mol. The van der Waals surface area contributed by atoms with Gasteiger partial charge in [-0.2, -0.15) is 0 Å². The van der Waals surface area contributed by atoms with E-state index in [-0.39, 0.29) is 11.6 Å². The summed E-state index contributed by atoms with van der Waals surface area (Å²) < 4.78 is 5.41. The molecule has 1 aliphatic heterocycles. The summed E-state index contributed by atoms with van der Waals surface area (Å²) in [4.78, 5) is 27.8. The quantitative estimate of drug-likeness (QED) is 0.791. The molecule has 0 radical (unpaired) electrons. The fourth-order valence-electron chi connectivity index (χ4n) is 2.18. The van der Waals surface area contributed by atoms with E-state index in [2.05, 4.69) is 15.6 Å². The molecule has 0 saturated heterocycles. The van der Waals surface area contributed by atoms with Crippen molar-refractivity contribution in [1.82, 2.24) is 4.98 Å². The Morgan fingerprint density at radius 2 is 2.23 bits per heavy atom. The van der Waals surface area contributed by atoms with Gasteiger partial charge in [0.15, 0.2) is 10.8 Å². The number of anilines is 2. The number of rotatable bonds is 4. The minimum absolute atomic E-state index is 0.0483. The third-order valence-electron chi connectivity index (χ3n) is 3.25.